The average molecular weight is 361 g/mol. The Labute approximate surface area is 154 Å². The zero-order chi connectivity index (χ0) is 18.0. The predicted octanol–water partition coefficient (Wildman–Crippen LogP) is 5.40. The quantitative estimate of drug-likeness (QED) is 0.775. The van der Waals surface area contributed by atoms with Gasteiger partial charge in [0.25, 0.3) is 0 Å². The van der Waals surface area contributed by atoms with Crippen LogP contribution in [0.15, 0.2) is 12.1 Å². The Morgan fingerprint density at radius 2 is 1.72 bits per heavy atom. The van der Waals surface area contributed by atoms with Crippen molar-refractivity contribution >= 4 is 16.5 Å². The first kappa shape index (κ1) is 18.1. The van der Waals surface area contributed by atoms with Crippen molar-refractivity contribution in [3.8, 4) is 22.8 Å². The van der Waals surface area contributed by atoms with Crippen LogP contribution in [0.25, 0.3) is 11.3 Å². The third-order valence-electron chi connectivity index (χ3n) is 5.33. The van der Waals surface area contributed by atoms with Gasteiger partial charge in [-0.05, 0) is 49.3 Å². The van der Waals surface area contributed by atoms with E-state index < -0.39 is 0 Å². The molecule has 5 heteroatoms. The van der Waals surface area contributed by atoms with E-state index in [1.165, 1.54) is 37.0 Å². The Morgan fingerprint density at radius 1 is 1.12 bits per heavy atom. The summed E-state index contributed by atoms with van der Waals surface area (Å²) >= 11 is 1.61. The van der Waals surface area contributed by atoms with Crippen molar-refractivity contribution in [2.45, 2.75) is 51.9 Å². The summed E-state index contributed by atoms with van der Waals surface area (Å²) in [5.74, 6) is 2.73. The second kappa shape index (κ2) is 7.65. The van der Waals surface area contributed by atoms with Crippen molar-refractivity contribution in [2.75, 3.05) is 20.0 Å². The van der Waals surface area contributed by atoms with Crippen molar-refractivity contribution in [2.24, 2.45) is 5.92 Å². The topological polar surface area (TPSA) is 57.4 Å². The molecule has 3 rings (SSSR count). The molecule has 2 N–H and O–H groups in total. The van der Waals surface area contributed by atoms with Gasteiger partial charge in [0.1, 0.15) is 11.5 Å². The highest BCUT2D eigenvalue weighted by Crippen LogP contribution is 2.47. The molecule has 1 heterocycles. The molecule has 2 aromatic rings. The van der Waals surface area contributed by atoms with E-state index in [1.54, 1.807) is 25.6 Å². The van der Waals surface area contributed by atoms with Crippen LogP contribution in [-0.2, 0) is 0 Å². The van der Waals surface area contributed by atoms with Crippen LogP contribution < -0.4 is 15.2 Å². The van der Waals surface area contributed by atoms with E-state index in [4.69, 9.17) is 15.2 Å². The molecule has 0 spiro atoms. The van der Waals surface area contributed by atoms with Crippen molar-refractivity contribution in [1.82, 2.24) is 4.98 Å². The number of aryl methyl sites for hydroxylation is 1. The summed E-state index contributed by atoms with van der Waals surface area (Å²) in [6.45, 7) is 4.36. The molecule has 136 valence electrons. The smallest absolute Gasteiger partial charge is 0.180 e. The first-order chi connectivity index (χ1) is 12.0. The van der Waals surface area contributed by atoms with Gasteiger partial charge in [-0.1, -0.05) is 26.2 Å². The van der Waals surface area contributed by atoms with Gasteiger partial charge in [0.2, 0.25) is 0 Å². The lowest BCUT2D eigenvalue weighted by Gasteiger charge is -2.27. The number of hydrogen-bond donors (Lipinski definition) is 1. The van der Waals surface area contributed by atoms with E-state index in [2.05, 4.69) is 11.9 Å². The first-order valence-electron chi connectivity index (χ1n) is 9.04. The molecule has 4 nitrogen and oxygen atoms in total. The zero-order valence-electron chi connectivity index (χ0n) is 15.6. The van der Waals surface area contributed by atoms with Gasteiger partial charge < -0.3 is 15.2 Å². The Balaban J connectivity index is 2.09. The van der Waals surface area contributed by atoms with E-state index >= 15 is 0 Å². The van der Waals surface area contributed by atoms with Crippen LogP contribution in [0.2, 0.25) is 0 Å². The number of nitrogens with two attached hydrogens (primary N) is 1. The van der Waals surface area contributed by atoms with E-state index in [1.807, 2.05) is 19.1 Å². The number of ether oxygens (including phenoxy) is 2. The molecule has 1 aromatic carbocycles. The number of anilines is 1. The molecule has 1 aromatic heterocycles. The molecule has 0 radical (unpaired) electrons. The van der Waals surface area contributed by atoms with Crippen LogP contribution in [0.5, 0.6) is 11.5 Å². The monoisotopic (exact) mass is 360 g/mol. The summed E-state index contributed by atoms with van der Waals surface area (Å²) in [4.78, 5) is 5.93. The highest BCUT2D eigenvalue weighted by molar-refractivity contribution is 7.15. The van der Waals surface area contributed by atoms with Gasteiger partial charge in [-0.2, -0.15) is 0 Å². The number of nitrogen functional groups attached to an aromatic ring is 1. The van der Waals surface area contributed by atoms with Gasteiger partial charge in [-0.15, -0.1) is 11.3 Å². The summed E-state index contributed by atoms with van der Waals surface area (Å²) < 4.78 is 11.3. The summed E-state index contributed by atoms with van der Waals surface area (Å²) in [6.07, 6.45) is 6.60. The number of rotatable bonds is 5. The van der Waals surface area contributed by atoms with Crippen LogP contribution in [-0.4, -0.2) is 19.2 Å². The summed E-state index contributed by atoms with van der Waals surface area (Å²) in [5.41, 5.74) is 9.07. The van der Waals surface area contributed by atoms with Crippen molar-refractivity contribution < 1.29 is 9.47 Å². The minimum absolute atomic E-state index is 0.445. The van der Waals surface area contributed by atoms with Crippen molar-refractivity contribution in [3.63, 3.8) is 0 Å². The molecular formula is C20H28N2O2S. The molecule has 1 atom stereocenters. The highest BCUT2D eigenvalue weighted by atomic mass is 32.1. The molecule has 1 aliphatic rings. The van der Waals surface area contributed by atoms with Crippen LogP contribution in [0, 0.1) is 12.8 Å². The Bertz CT molecular complexity index is 710. The van der Waals surface area contributed by atoms with E-state index in [9.17, 15) is 0 Å². The molecule has 0 saturated heterocycles. The molecule has 0 bridgehead atoms. The molecule has 1 aliphatic carbocycles. The summed E-state index contributed by atoms with van der Waals surface area (Å²) in [6, 6.07) is 4.06. The third kappa shape index (κ3) is 3.61. The SMILES string of the molecule is COc1cc(C)cc(OC)c1-c1nc(N)sc1C(C)C1CCCCC1. The predicted molar refractivity (Wildman–Crippen MR) is 105 cm³/mol. The van der Waals surface area contributed by atoms with Gasteiger partial charge in [0, 0.05) is 4.88 Å². The second-order valence-electron chi connectivity index (χ2n) is 7.00. The normalized spacial score (nSPS) is 16.6. The maximum atomic E-state index is 6.12. The number of aromatic nitrogens is 1. The lowest BCUT2D eigenvalue weighted by molar-refractivity contribution is 0.318. The number of methoxy groups -OCH3 is 2. The van der Waals surface area contributed by atoms with Gasteiger partial charge >= 0.3 is 0 Å². The van der Waals surface area contributed by atoms with Gasteiger partial charge in [-0.3, -0.25) is 0 Å². The minimum atomic E-state index is 0.445. The largest absolute Gasteiger partial charge is 0.496 e. The second-order valence-corrected chi connectivity index (χ2v) is 8.06. The van der Waals surface area contributed by atoms with Crippen LogP contribution >= 0.6 is 11.3 Å². The number of hydrogen-bond acceptors (Lipinski definition) is 5. The van der Waals surface area contributed by atoms with Crippen molar-refractivity contribution in [1.29, 1.82) is 0 Å². The van der Waals surface area contributed by atoms with Crippen LogP contribution in [0.1, 0.15) is 55.4 Å². The first-order valence-corrected chi connectivity index (χ1v) is 9.86. The molecule has 25 heavy (non-hydrogen) atoms. The van der Waals surface area contributed by atoms with Crippen LogP contribution in [0.3, 0.4) is 0 Å². The fraction of sp³-hybridized carbons (Fsp3) is 0.550. The number of thiazole rings is 1. The maximum Gasteiger partial charge on any atom is 0.180 e. The lowest BCUT2D eigenvalue weighted by atomic mass is 9.79. The maximum absolute atomic E-state index is 6.12. The molecule has 1 saturated carbocycles. The van der Waals surface area contributed by atoms with E-state index in [-0.39, 0.29) is 0 Å². The molecule has 1 unspecified atom stereocenters. The number of nitrogens with zero attached hydrogens (tertiary/aromatic N) is 1. The molecule has 0 amide bonds. The zero-order valence-corrected chi connectivity index (χ0v) is 16.4. The van der Waals surface area contributed by atoms with Gasteiger partial charge in [0.15, 0.2) is 5.13 Å². The Hall–Kier alpha value is -1.75. The summed E-state index contributed by atoms with van der Waals surface area (Å²) in [7, 11) is 3.38. The van der Waals surface area contributed by atoms with Gasteiger partial charge in [0.05, 0.1) is 25.5 Å². The van der Waals surface area contributed by atoms with Gasteiger partial charge in [-0.25, -0.2) is 4.98 Å². The Morgan fingerprint density at radius 3 is 2.28 bits per heavy atom. The highest BCUT2D eigenvalue weighted by Gasteiger charge is 2.29. The standard InChI is InChI=1S/C20H28N2O2S/c1-12-10-15(23-3)17(16(11-12)24-4)18-19(25-20(21)22-18)13(2)14-8-6-5-7-9-14/h10-11,13-14H,5-9H2,1-4H3,(H2,21,22). The van der Waals surface area contributed by atoms with E-state index in [0.29, 0.717) is 17.0 Å². The average Bonchev–Trinajstić information content (AvgIpc) is 3.02. The lowest BCUT2D eigenvalue weighted by Crippen LogP contribution is -2.13. The fourth-order valence-corrected chi connectivity index (χ4v) is 4.95. The third-order valence-corrected chi connectivity index (χ3v) is 6.41. The van der Waals surface area contributed by atoms with E-state index in [0.717, 1.165) is 28.3 Å². The van der Waals surface area contributed by atoms with Crippen LogP contribution in [0.4, 0.5) is 5.13 Å². The Kier molecular flexibility index (Phi) is 5.52. The number of benzene rings is 1. The fourth-order valence-electron chi connectivity index (χ4n) is 3.96. The molecule has 0 aliphatic heterocycles. The summed E-state index contributed by atoms with van der Waals surface area (Å²) in [5, 5.41) is 0.609. The molecular weight excluding hydrogens is 332 g/mol. The molecule has 1 fully saturated rings. The van der Waals surface area contributed by atoms with Crippen molar-refractivity contribution in [3.05, 3.63) is 22.6 Å². The minimum Gasteiger partial charge on any atom is -0.496 e.